The first-order valence-electron chi connectivity index (χ1n) is 8.88. The number of carbonyl (C=O) groups is 1. The van der Waals surface area contributed by atoms with Crippen molar-refractivity contribution < 1.29 is 19.0 Å². The van der Waals surface area contributed by atoms with Crippen LogP contribution in [0.15, 0.2) is 33.8 Å². The van der Waals surface area contributed by atoms with Gasteiger partial charge in [0.2, 0.25) is 0 Å². The normalized spacial score (nSPS) is 10.8. The SMILES string of the molecule is CCOc1c(Br)cc(/C=N/NC(=O)COc2cc(C)cc(C)c2C)cc1OC. The summed E-state index contributed by atoms with van der Waals surface area (Å²) in [4.78, 5) is 12.0. The van der Waals surface area contributed by atoms with Crippen LogP contribution < -0.4 is 19.6 Å². The second-order valence-electron chi connectivity index (χ2n) is 6.25. The van der Waals surface area contributed by atoms with Gasteiger partial charge in [0, 0.05) is 0 Å². The summed E-state index contributed by atoms with van der Waals surface area (Å²) in [6.45, 7) is 8.29. The molecule has 0 aliphatic heterocycles. The van der Waals surface area contributed by atoms with E-state index >= 15 is 0 Å². The third-order valence-corrected chi connectivity index (χ3v) is 4.66. The molecule has 0 aromatic heterocycles. The van der Waals surface area contributed by atoms with E-state index in [2.05, 4.69) is 32.5 Å². The van der Waals surface area contributed by atoms with Gasteiger partial charge in [0.05, 0.1) is 24.4 Å². The minimum Gasteiger partial charge on any atom is -0.493 e. The van der Waals surface area contributed by atoms with Crippen LogP contribution in [0.25, 0.3) is 0 Å². The minimum absolute atomic E-state index is 0.114. The molecule has 0 spiro atoms. The molecule has 1 amide bonds. The molecule has 2 rings (SSSR count). The van der Waals surface area contributed by atoms with Gasteiger partial charge in [-0.3, -0.25) is 4.79 Å². The molecule has 28 heavy (non-hydrogen) atoms. The van der Waals surface area contributed by atoms with Crippen LogP contribution >= 0.6 is 15.9 Å². The van der Waals surface area contributed by atoms with Gasteiger partial charge in [-0.25, -0.2) is 5.43 Å². The number of nitrogens with zero attached hydrogens (tertiary/aromatic N) is 1. The number of hydrazone groups is 1. The van der Waals surface area contributed by atoms with E-state index in [9.17, 15) is 4.79 Å². The van der Waals surface area contributed by atoms with Gasteiger partial charge in [-0.1, -0.05) is 6.07 Å². The smallest absolute Gasteiger partial charge is 0.277 e. The largest absolute Gasteiger partial charge is 0.493 e. The van der Waals surface area contributed by atoms with Crippen LogP contribution in [-0.2, 0) is 4.79 Å². The molecule has 2 aromatic carbocycles. The highest BCUT2D eigenvalue weighted by molar-refractivity contribution is 9.10. The Kier molecular flexibility index (Phi) is 7.87. The number of halogens is 1. The second-order valence-corrected chi connectivity index (χ2v) is 7.11. The molecule has 0 atom stereocenters. The van der Waals surface area contributed by atoms with E-state index in [0.29, 0.717) is 23.9 Å². The maximum absolute atomic E-state index is 12.0. The molecule has 0 bridgehead atoms. The van der Waals surface area contributed by atoms with Crippen molar-refractivity contribution in [2.45, 2.75) is 27.7 Å². The van der Waals surface area contributed by atoms with E-state index < -0.39 is 0 Å². The van der Waals surface area contributed by atoms with Crippen LogP contribution in [0, 0.1) is 20.8 Å². The highest BCUT2D eigenvalue weighted by Crippen LogP contribution is 2.36. The zero-order valence-electron chi connectivity index (χ0n) is 16.8. The summed E-state index contributed by atoms with van der Waals surface area (Å²) in [7, 11) is 1.57. The molecule has 150 valence electrons. The number of ether oxygens (including phenoxy) is 3. The Morgan fingerprint density at radius 2 is 1.89 bits per heavy atom. The van der Waals surface area contributed by atoms with Gasteiger partial charge >= 0.3 is 0 Å². The Morgan fingerprint density at radius 1 is 1.14 bits per heavy atom. The highest BCUT2D eigenvalue weighted by Gasteiger charge is 2.11. The van der Waals surface area contributed by atoms with Crippen LogP contribution in [0.4, 0.5) is 0 Å². The molecular formula is C21H25BrN2O4. The van der Waals surface area contributed by atoms with Crippen LogP contribution in [0.3, 0.4) is 0 Å². The second kappa shape index (κ2) is 10.1. The maximum Gasteiger partial charge on any atom is 0.277 e. The average Bonchev–Trinajstić information content (AvgIpc) is 2.65. The van der Waals surface area contributed by atoms with Gasteiger partial charge in [-0.15, -0.1) is 0 Å². The molecule has 0 fully saturated rings. The predicted molar refractivity (Wildman–Crippen MR) is 114 cm³/mol. The summed E-state index contributed by atoms with van der Waals surface area (Å²) >= 11 is 3.46. The highest BCUT2D eigenvalue weighted by atomic mass is 79.9. The van der Waals surface area contributed by atoms with Gasteiger partial charge in [0.15, 0.2) is 18.1 Å². The molecule has 0 unspecified atom stereocenters. The van der Waals surface area contributed by atoms with Gasteiger partial charge in [-0.2, -0.15) is 5.10 Å². The summed E-state index contributed by atoms with van der Waals surface area (Å²) in [6.07, 6.45) is 1.53. The van der Waals surface area contributed by atoms with Crippen molar-refractivity contribution in [3.8, 4) is 17.2 Å². The molecule has 0 saturated heterocycles. The number of aryl methyl sites for hydroxylation is 2. The first-order valence-corrected chi connectivity index (χ1v) is 9.67. The van der Waals surface area contributed by atoms with E-state index in [-0.39, 0.29) is 12.5 Å². The number of hydrogen-bond acceptors (Lipinski definition) is 5. The first kappa shape index (κ1) is 21.8. The number of benzene rings is 2. The average molecular weight is 449 g/mol. The fraction of sp³-hybridized carbons (Fsp3) is 0.333. The van der Waals surface area contributed by atoms with Crippen molar-refractivity contribution in [3.05, 3.63) is 51.0 Å². The van der Waals surface area contributed by atoms with E-state index in [4.69, 9.17) is 14.2 Å². The molecular weight excluding hydrogens is 424 g/mol. The Morgan fingerprint density at radius 3 is 2.57 bits per heavy atom. The van der Waals surface area contributed by atoms with Crippen molar-refractivity contribution in [3.63, 3.8) is 0 Å². The summed E-state index contributed by atoms with van der Waals surface area (Å²) in [6, 6.07) is 7.61. The molecule has 0 aliphatic carbocycles. The van der Waals surface area contributed by atoms with Gasteiger partial charge in [0.25, 0.3) is 5.91 Å². The van der Waals surface area contributed by atoms with E-state index in [1.165, 1.54) is 6.21 Å². The number of rotatable bonds is 8. The van der Waals surface area contributed by atoms with Gasteiger partial charge in [-0.05, 0) is 84.1 Å². The topological polar surface area (TPSA) is 69.2 Å². The molecule has 2 aromatic rings. The Balaban J connectivity index is 1.97. The molecule has 0 aliphatic rings. The monoisotopic (exact) mass is 448 g/mol. The van der Waals surface area contributed by atoms with Crippen molar-refractivity contribution in [2.24, 2.45) is 5.10 Å². The number of carbonyl (C=O) groups excluding carboxylic acids is 1. The van der Waals surface area contributed by atoms with Crippen LogP contribution in [0.5, 0.6) is 17.2 Å². The fourth-order valence-electron chi connectivity index (χ4n) is 2.60. The van der Waals surface area contributed by atoms with Crippen LogP contribution in [-0.4, -0.2) is 32.4 Å². The number of nitrogens with one attached hydrogen (secondary N) is 1. The van der Waals surface area contributed by atoms with Crippen molar-refractivity contribution in [1.82, 2.24) is 5.43 Å². The lowest BCUT2D eigenvalue weighted by atomic mass is 10.1. The van der Waals surface area contributed by atoms with Crippen LogP contribution in [0.1, 0.15) is 29.2 Å². The third kappa shape index (κ3) is 5.73. The quantitative estimate of drug-likeness (QED) is 0.482. The zero-order chi connectivity index (χ0) is 20.7. The predicted octanol–water partition coefficient (Wildman–Crippen LogP) is 4.31. The number of methoxy groups -OCH3 is 1. The third-order valence-electron chi connectivity index (χ3n) is 4.07. The minimum atomic E-state index is -0.341. The lowest BCUT2D eigenvalue weighted by Crippen LogP contribution is -2.24. The summed E-state index contributed by atoms with van der Waals surface area (Å²) < 4.78 is 17.3. The number of amides is 1. The molecule has 0 saturated carbocycles. The molecule has 0 heterocycles. The Bertz CT molecular complexity index is 881. The van der Waals surface area contributed by atoms with Gasteiger partial charge in [0.1, 0.15) is 5.75 Å². The molecule has 6 nitrogen and oxygen atoms in total. The lowest BCUT2D eigenvalue weighted by molar-refractivity contribution is -0.123. The van der Waals surface area contributed by atoms with E-state index in [0.717, 1.165) is 26.7 Å². The summed E-state index contributed by atoms with van der Waals surface area (Å²) in [5.41, 5.74) is 6.45. The lowest BCUT2D eigenvalue weighted by Gasteiger charge is -2.12. The Hall–Kier alpha value is -2.54. The van der Waals surface area contributed by atoms with Crippen molar-refractivity contribution in [1.29, 1.82) is 0 Å². The standard InChI is InChI=1S/C21H25BrN2O4/c1-6-27-21-17(22)9-16(10-19(21)26-5)11-23-24-20(25)12-28-18-8-13(2)7-14(3)15(18)4/h7-11H,6,12H2,1-5H3,(H,24,25)/b23-11+. The maximum atomic E-state index is 12.0. The molecule has 1 N–H and O–H groups in total. The van der Waals surface area contributed by atoms with Crippen LogP contribution in [0.2, 0.25) is 0 Å². The molecule has 0 radical (unpaired) electrons. The fourth-order valence-corrected chi connectivity index (χ4v) is 3.18. The van der Waals surface area contributed by atoms with Crippen molar-refractivity contribution in [2.75, 3.05) is 20.3 Å². The zero-order valence-corrected chi connectivity index (χ0v) is 18.3. The first-order chi connectivity index (χ1) is 13.3. The van der Waals surface area contributed by atoms with E-state index in [1.807, 2.05) is 39.8 Å². The summed E-state index contributed by atoms with van der Waals surface area (Å²) in [5, 5.41) is 3.98. The summed E-state index contributed by atoms with van der Waals surface area (Å²) in [5.74, 6) is 1.57. The number of hydrogen-bond donors (Lipinski definition) is 1. The molecule has 7 heteroatoms. The Labute approximate surface area is 174 Å². The van der Waals surface area contributed by atoms with E-state index in [1.54, 1.807) is 13.2 Å². The van der Waals surface area contributed by atoms with Crippen molar-refractivity contribution >= 4 is 28.1 Å². The van der Waals surface area contributed by atoms with Gasteiger partial charge < -0.3 is 14.2 Å².